The standard InChI is InChI=1S/C15H12N4/c16-14-10-13(11-6-2-1-3-7-11)18-15(19-14)12-8-4-5-9-17-12/h1-10H,(H2,16,18,19). The molecule has 0 radical (unpaired) electrons. The number of hydrogen-bond acceptors (Lipinski definition) is 4. The van der Waals surface area contributed by atoms with Gasteiger partial charge in [0.05, 0.1) is 5.69 Å². The van der Waals surface area contributed by atoms with Gasteiger partial charge in [-0.3, -0.25) is 4.98 Å². The molecule has 0 spiro atoms. The predicted molar refractivity (Wildman–Crippen MR) is 75.1 cm³/mol. The molecule has 2 heterocycles. The van der Waals surface area contributed by atoms with Crippen LogP contribution in [0.15, 0.2) is 60.8 Å². The first kappa shape index (κ1) is 11.3. The predicted octanol–water partition coefficient (Wildman–Crippen LogP) is 2.79. The highest BCUT2D eigenvalue weighted by Gasteiger charge is 2.07. The monoisotopic (exact) mass is 248 g/mol. The van der Waals surface area contributed by atoms with Gasteiger partial charge in [0.15, 0.2) is 5.82 Å². The lowest BCUT2D eigenvalue weighted by Crippen LogP contribution is -1.98. The average Bonchev–Trinajstić information content (AvgIpc) is 2.48. The van der Waals surface area contributed by atoms with E-state index in [-0.39, 0.29) is 0 Å². The fraction of sp³-hybridized carbons (Fsp3) is 0. The van der Waals surface area contributed by atoms with Gasteiger partial charge in [-0.2, -0.15) is 0 Å². The van der Waals surface area contributed by atoms with Crippen molar-refractivity contribution < 1.29 is 0 Å². The third-order valence-electron chi connectivity index (χ3n) is 2.71. The summed E-state index contributed by atoms with van der Waals surface area (Å²) in [6, 6.07) is 17.3. The van der Waals surface area contributed by atoms with Gasteiger partial charge in [-0.15, -0.1) is 0 Å². The Morgan fingerprint density at radius 2 is 1.58 bits per heavy atom. The highest BCUT2D eigenvalue weighted by molar-refractivity contribution is 5.65. The van der Waals surface area contributed by atoms with Gasteiger partial charge in [0.2, 0.25) is 0 Å². The second-order valence-corrected chi connectivity index (χ2v) is 4.08. The molecule has 0 bridgehead atoms. The molecule has 19 heavy (non-hydrogen) atoms. The first-order valence-electron chi connectivity index (χ1n) is 5.94. The summed E-state index contributed by atoms with van der Waals surface area (Å²) in [4.78, 5) is 13.0. The lowest BCUT2D eigenvalue weighted by atomic mass is 10.1. The summed E-state index contributed by atoms with van der Waals surface area (Å²) < 4.78 is 0. The van der Waals surface area contributed by atoms with Crippen LogP contribution in [-0.2, 0) is 0 Å². The molecule has 3 rings (SSSR count). The van der Waals surface area contributed by atoms with Crippen molar-refractivity contribution in [2.75, 3.05) is 5.73 Å². The van der Waals surface area contributed by atoms with Gasteiger partial charge in [-0.1, -0.05) is 36.4 Å². The van der Waals surface area contributed by atoms with E-state index >= 15 is 0 Å². The van der Waals surface area contributed by atoms with Crippen LogP contribution in [0.5, 0.6) is 0 Å². The lowest BCUT2D eigenvalue weighted by molar-refractivity contribution is 1.15. The number of anilines is 1. The zero-order valence-corrected chi connectivity index (χ0v) is 10.2. The number of aromatic nitrogens is 3. The summed E-state index contributed by atoms with van der Waals surface area (Å²) in [6.07, 6.45) is 1.71. The van der Waals surface area contributed by atoms with Gasteiger partial charge in [-0.25, -0.2) is 9.97 Å². The van der Waals surface area contributed by atoms with E-state index in [2.05, 4.69) is 15.0 Å². The Balaban J connectivity index is 2.12. The molecule has 0 unspecified atom stereocenters. The van der Waals surface area contributed by atoms with Gasteiger partial charge in [0.25, 0.3) is 0 Å². The van der Waals surface area contributed by atoms with Crippen LogP contribution in [0.25, 0.3) is 22.8 Å². The number of benzene rings is 1. The van der Waals surface area contributed by atoms with Crippen molar-refractivity contribution in [3.63, 3.8) is 0 Å². The minimum atomic E-state index is 0.439. The van der Waals surface area contributed by atoms with Crippen molar-refractivity contribution in [2.24, 2.45) is 0 Å². The Morgan fingerprint density at radius 1 is 0.789 bits per heavy atom. The Bertz CT molecular complexity index is 623. The molecule has 3 aromatic rings. The summed E-state index contributed by atoms with van der Waals surface area (Å²) >= 11 is 0. The lowest BCUT2D eigenvalue weighted by Gasteiger charge is -2.05. The van der Waals surface area contributed by atoms with Gasteiger partial charge in [-0.05, 0) is 12.1 Å². The van der Waals surface area contributed by atoms with Crippen LogP contribution in [0, 0.1) is 0 Å². The Labute approximate surface area is 111 Å². The second-order valence-electron chi connectivity index (χ2n) is 4.08. The zero-order chi connectivity index (χ0) is 13.1. The van der Waals surface area contributed by atoms with Crippen molar-refractivity contribution in [3.8, 4) is 22.8 Å². The van der Waals surface area contributed by atoms with E-state index in [4.69, 9.17) is 5.73 Å². The third kappa shape index (κ3) is 2.42. The van der Waals surface area contributed by atoms with E-state index < -0.39 is 0 Å². The van der Waals surface area contributed by atoms with Crippen LogP contribution in [0.1, 0.15) is 0 Å². The molecule has 0 fully saturated rings. The molecule has 0 atom stereocenters. The zero-order valence-electron chi connectivity index (χ0n) is 10.2. The van der Waals surface area contributed by atoms with E-state index in [9.17, 15) is 0 Å². The maximum absolute atomic E-state index is 5.86. The Morgan fingerprint density at radius 3 is 2.32 bits per heavy atom. The van der Waals surface area contributed by atoms with Crippen LogP contribution in [-0.4, -0.2) is 15.0 Å². The van der Waals surface area contributed by atoms with Crippen molar-refractivity contribution in [3.05, 3.63) is 60.8 Å². The molecule has 2 aromatic heterocycles. The number of hydrogen-bond donors (Lipinski definition) is 1. The number of pyridine rings is 1. The van der Waals surface area contributed by atoms with Crippen LogP contribution < -0.4 is 5.73 Å². The van der Waals surface area contributed by atoms with E-state index in [0.29, 0.717) is 17.3 Å². The molecule has 2 N–H and O–H groups in total. The van der Waals surface area contributed by atoms with Gasteiger partial charge < -0.3 is 5.73 Å². The molecular formula is C15H12N4. The second kappa shape index (κ2) is 4.86. The number of nitrogen functional groups attached to an aromatic ring is 1. The fourth-order valence-electron chi connectivity index (χ4n) is 1.83. The number of nitrogens with two attached hydrogens (primary N) is 1. The molecule has 0 aliphatic heterocycles. The summed E-state index contributed by atoms with van der Waals surface area (Å²) in [5.41, 5.74) is 8.38. The first-order chi connectivity index (χ1) is 9.33. The number of nitrogens with zero attached hydrogens (tertiary/aromatic N) is 3. The summed E-state index contributed by atoms with van der Waals surface area (Å²) in [5, 5.41) is 0. The molecule has 0 aliphatic rings. The SMILES string of the molecule is Nc1cc(-c2ccccc2)nc(-c2ccccn2)n1. The average molecular weight is 248 g/mol. The smallest absolute Gasteiger partial charge is 0.180 e. The Kier molecular flexibility index (Phi) is 2.90. The quantitative estimate of drug-likeness (QED) is 0.757. The maximum atomic E-state index is 5.86. The minimum absolute atomic E-state index is 0.439. The van der Waals surface area contributed by atoms with E-state index in [1.165, 1.54) is 0 Å². The van der Waals surface area contributed by atoms with Crippen molar-refractivity contribution >= 4 is 5.82 Å². The van der Waals surface area contributed by atoms with Crippen LogP contribution >= 0.6 is 0 Å². The van der Waals surface area contributed by atoms with Crippen molar-refractivity contribution in [2.45, 2.75) is 0 Å². The maximum Gasteiger partial charge on any atom is 0.180 e. The van der Waals surface area contributed by atoms with E-state index in [0.717, 1.165) is 11.3 Å². The molecule has 4 heteroatoms. The molecule has 1 aromatic carbocycles. The molecule has 4 nitrogen and oxygen atoms in total. The van der Waals surface area contributed by atoms with Crippen LogP contribution in [0.2, 0.25) is 0 Å². The first-order valence-corrected chi connectivity index (χ1v) is 5.94. The van der Waals surface area contributed by atoms with E-state index in [1.54, 1.807) is 12.3 Å². The largest absolute Gasteiger partial charge is 0.384 e. The Hall–Kier alpha value is -2.75. The van der Waals surface area contributed by atoms with Crippen molar-refractivity contribution in [1.82, 2.24) is 15.0 Å². The van der Waals surface area contributed by atoms with Crippen LogP contribution in [0.4, 0.5) is 5.82 Å². The van der Waals surface area contributed by atoms with E-state index in [1.807, 2.05) is 48.5 Å². The van der Waals surface area contributed by atoms with Gasteiger partial charge in [0.1, 0.15) is 11.5 Å². The number of rotatable bonds is 2. The normalized spacial score (nSPS) is 10.3. The highest BCUT2D eigenvalue weighted by atomic mass is 15.0. The molecule has 0 saturated heterocycles. The molecule has 92 valence electrons. The molecule has 0 saturated carbocycles. The summed E-state index contributed by atoms with van der Waals surface area (Å²) in [7, 11) is 0. The van der Waals surface area contributed by atoms with Gasteiger partial charge >= 0.3 is 0 Å². The summed E-state index contributed by atoms with van der Waals surface area (Å²) in [6.45, 7) is 0. The summed E-state index contributed by atoms with van der Waals surface area (Å²) in [5.74, 6) is 0.981. The fourth-order valence-corrected chi connectivity index (χ4v) is 1.83. The third-order valence-corrected chi connectivity index (χ3v) is 2.71. The van der Waals surface area contributed by atoms with Crippen molar-refractivity contribution in [1.29, 1.82) is 0 Å². The molecule has 0 amide bonds. The highest BCUT2D eigenvalue weighted by Crippen LogP contribution is 2.21. The van der Waals surface area contributed by atoms with Gasteiger partial charge in [0, 0.05) is 17.8 Å². The van der Waals surface area contributed by atoms with Crippen LogP contribution in [0.3, 0.4) is 0 Å². The molecular weight excluding hydrogens is 236 g/mol. The molecule has 0 aliphatic carbocycles. The minimum Gasteiger partial charge on any atom is -0.384 e. The topological polar surface area (TPSA) is 64.7 Å².